The van der Waals surface area contributed by atoms with Gasteiger partial charge < -0.3 is 5.32 Å². The fourth-order valence-corrected chi connectivity index (χ4v) is 3.28. The molecule has 5 heteroatoms. The largest absolute Gasteiger partial charge is 0.308 e. The van der Waals surface area contributed by atoms with Crippen molar-refractivity contribution >= 4 is 34.2 Å². The van der Waals surface area contributed by atoms with Crippen molar-refractivity contribution in [2.75, 3.05) is 7.05 Å². The predicted molar refractivity (Wildman–Crippen MR) is 92.4 cm³/mol. The molecule has 0 bridgehead atoms. The minimum absolute atomic E-state index is 0.0409. The average molecular weight is 404 g/mol. The van der Waals surface area contributed by atoms with E-state index in [1.54, 1.807) is 6.20 Å². The molecule has 0 aliphatic carbocycles. The molecule has 0 spiro atoms. The Bertz CT molecular complexity index is 607. The molecule has 20 heavy (non-hydrogen) atoms. The van der Waals surface area contributed by atoms with E-state index in [9.17, 15) is 0 Å². The Hall–Kier alpha value is -0.590. The van der Waals surface area contributed by atoms with Gasteiger partial charge in [-0.3, -0.25) is 4.68 Å². The molecule has 0 aliphatic heterocycles. The van der Waals surface area contributed by atoms with Crippen molar-refractivity contribution in [3.63, 3.8) is 0 Å². The number of aromatic nitrogens is 2. The van der Waals surface area contributed by atoms with E-state index in [1.807, 2.05) is 11.7 Å². The molecular formula is C15H19ClIN3. The van der Waals surface area contributed by atoms with Gasteiger partial charge in [0, 0.05) is 9.61 Å². The molecule has 1 N–H and O–H groups in total. The molecule has 1 atom stereocenters. The number of hydrogen-bond donors (Lipinski definition) is 1. The maximum atomic E-state index is 6.38. The van der Waals surface area contributed by atoms with Crippen LogP contribution in [0.2, 0.25) is 5.02 Å². The molecule has 0 saturated carbocycles. The van der Waals surface area contributed by atoms with Gasteiger partial charge in [0.25, 0.3) is 0 Å². The molecule has 0 radical (unpaired) electrons. The zero-order chi connectivity index (χ0) is 14.9. The molecule has 2 aromatic rings. The number of aryl methyl sites for hydroxylation is 1. The maximum absolute atomic E-state index is 6.38. The molecule has 0 aliphatic rings. The lowest BCUT2D eigenvalue weighted by Gasteiger charge is -2.22. The van der Waals surface area contributed by atoms with E-state index in [4.69, 9.17) is 11.6 Å². The molecule has 1 unspecified atom stereocenters. The van der Waals surface area contributed by atoms with Gasteiger partial charge in [-0.25, -0.2) is 0 Å². The van der Waals surface area contributed by atoms with Crippen molar-refractivity contribution in [1.29, 1.82) is 0 Å². The van der Waals surface area contributed by atoms with Gasteiger partial charge in [0.15, 0.2) is 0 Å². The number of rotatable bonds is 4. The van der Waals surface area contributed by atoms with E-state index in [1.165, 1.54) is 14.7 Å². The van der Waals surface area contributed by atoms with Crippen LogP contribution in [0.4, 0.5) is 0 Å². The summed E-state index contributed by atoms with van der Waals surface area (Å²) in [5.41, 5.74) is 3.53. The van der Waals surface area contributed by atoms with Crippen molar-refractivity contribution in [3.05, 3.63) is 49.8 Å². The first-order valence-corrected chi connectivity index (χ1v) is 8.08. The van der Waals surface area contributed by atoms with Gasteiger partial charge in [0.1, 0.15) is 0 Å². The summed E-state index contributed by atoms with van der Waals surface area (Å²) in [5, 5.41) is 8.48. The summed E-state index contributed by atoms with van der Waals surface area (Å²) in [6.45, 7) is 6.35. The molecule has 108 valence electrons. The molecule has 1 heterocycles. The number of halogens is 2. The fraction of sp³-hybridized carbons (Fsp3) is 0.400. The van der Waals surface area contributed by atoms with E-state index in [0.29, 0.717) is 5.02 Å². The Morgan fingerprint density at radius 1 is 1.35 bits per heavy atom. The van der Waals surface area contributed by atoms with Gasteiger partial charge in [0.05, 0.1) is 23.0 Å². The molecule has 2 rings (SSSR count). The normalized spacial score (nSPS) is 12.9. The van der Waals surface area contributed by atoms with Crippen LogP contribution >= 0.6 is 34.2 Å². The van der Waals surface area contributed by atoms with Crippen molar-refractivity contribution in [1.82, 2.24) is 15.1 Å². The highest BCUT2D eigenvalue weighted by molar-refractivity contribution is 14.1. The van der Waals surface area contributed by atoms with E-state index in [-0.39, 0.29) is 12.1 Å². The van der Waals surface area contributed by atoms with E-state index < -0.39 is 0 Å². The molecule has 0 fully saturated rings. The molecule has 0 amide bonds. The molecule has 1 aromatic heterocycles. The highest BCUT2D eigenvalue weighted by atomic mass is 127. The van der Waals surface area contributed by atoms with Gasteiger partial charge in [-0.1, -0.05) is 29.8 Å². The minimum atomic E-state index is 0.0409. The zero-order valence-electron chi connectivity index (χ0n) is 12.1. The monoisotopic (exact) mass is 403 g/mol. The third-order valence-electron chi connectivity index (χ3n) is 3.37. The first-order valence-electron chi connectivity index (χ1n) is 6.62. The first-order chi connectivity index (χ1) is 9.47. The maximum Gasteiger partial charge on any atom is 0.0837 e. The smallest absolute Gasteiger partial charge is 0.0837 e. The molecular weight excluding hydrogens is 385 g/mol. The van der Waals surface area contributed by atoms with Crippen LogP contribution in [-0.4, -0.2) is 16.8 Å². The van der Waals surface area contributed by atoms with Gasteiger partial charge >= 0.3 is 0 Å². The quantitative estimate of drug-likeness (QED) is 0.770. The summed E-state index contributed by atoms with van der Waals surface area (Å²) in [4.78, 5) is 0. The summed E-state index contributed by atoms with van der Waals surface area (Å²) in [6, 6.07) is 6.67. The molecule has 3 nitrogen and oxygen atoms in total. The molecule has 0 saturated heterocycles. The van der Waals surface area contributed by atoms with Crippen molar-refractivity contribution in [2.24, 2.45) is 0 Å². The van der Waals surface area contributed by atoms with Crippen LogP contribution in [0.3, 0.4) is 0 Å². The summed E-state index contributed by atoms with van der Waals surface area (Å²) in [7, 11) is 1.96. The summed E-state index contributed by atoms with van der Waals surface area (Å²) in [6.07, 6.45) is 1.73. The Morgan fingerprint density at radius 3 is 2.65 bits per heavy atom. The summed E-state index contributed by atoms with van der Waals surface area (Å²) in [5.74, 6) is 0. The van der Waals surface area contributed by atoms with Gasteiger partial charge in [-0.05, 0) is 61.5 Å². The summed E-state index contributed by atoms with van der Waals surface area (Å²) >= 11 is 8.78. The number of nitrogens with one attached hydrogen (secondary N) is 1. The van der Waals surface area contributed by atoms with Crippen LogP contribution in [0.25, 0.3) is 0 Å². The minimum Gasteiger partial charge on any atom is -0.308 e. The fourth-order valence-electron chi connectivity index (χ4n) is 2.36. The topological polar surface area (TPSA) is 29.9 Å². The van der Waals surface area contributed by atoms with Crippen LogP contribution in [0.5, 0.6) is 0 Å². The summed E-state index contributed by atoms with van der Waals surface area (Å²) < 4.78 is 3.25. The Kier molecular flexibility index (Phi) is 5.09. The number of nitrogens with zero attached hydrogens (tertiary/aromatic N) is 2. The van der Waals surface area contributed by atoms with Crippen LogP contribution in [-0.2, 0) is 0 Å². The highest BCUT2D eigenvalue weighted by Gasteiger charge is 2.24. The third-order valence-corrected chi connectivity index (χ3v) is 5.14. The lowest BCUT2D eigenvalue weighted by molar-refractivity contribution is 0.483. The van der Waals surface area contributed by atoms with Crippen molar-refractivity contribution in [2.45, 2.75) is 32.9 Å². The van der Waals surface area contributed by atoms with Gasteiger partial charge in [-0.2, -0.15) is 5.10 Å². The SMILES string of the molecule is CNC(c1cccc(C)c1I)c1c(Cl)cnn1C(C)C. The second kappa shape index (κ2) is 6.45. The zero-order valence-corrected chi connectivity index (χ0v) is 15.0. The van der Waals surface area contributed by atoms with Gasteiger partial charge in [0.2, 0.25) is 0 Å². The second-order valence-corrected chi connectivity index (χ2v) is 6.60. The van der Waals surface area contributed by atoms with Crippen LogP contribution in [0.1, 0.15) is 42.8 Å². The Labute approximate surface area is 138 Å². The van der Waals surface area contributed by atoms with Crippen LogP contribution in [0, 0.1) is 10.5 Å². The van der Waals surface area contributed by atoms with E-state index in [0.717, 1.165) is 5.69 Å². The van der Waals surface area contributed by atoms with E-state index >= 15 is 0 Å². The lowest BCUT2D eigenvalue weighted by atomic mass is 10.0. The van der Waals surface area contributed by atoms with Crippen LogP contribution < -0.4 is 5.32 Å². The Balaban J connectivity index is 2.58. The van der Waals surface area contributed by atoms with Crippen molar-refractivity contribution < 1.29 is 0 Å². The highest BCUT2D eigenvalue weighted by Crippen LogP contribution is 2.33. The van der Waals surface area contributed by atoms with Crippen LogP contribution in [0.15, 0.2) is 24.4 Å². The second-order valence-electron chi connectivity index (χ2n) is 5.12. The van der Waals surface area contributed by atoms with E-state index in [2.05, 4.69) is 72.0 Å². The standard InChI is InChI=1S/C15H19ClIN3/c1-9(2)20-15(12(16)8-19-20)14(18-4)11-7-5-6-10(3)13(11)17/h5-9,14,18H,1-4H3. The Morgan fingerprint density at radius 2 is 2.05 bits per heavy atom. The predicted octanol–water partition coefficient (Wildman–Crippen LogP) is 4.34. The molecule has 1 aromatic carbocycles. The lowest BCUT2D eigenvalue weighted by Crippen LogP contribution is -2.23. The first kappa shape index (κ1) is 15.8. The average Bonchev–Trinajstić information content (AvgIpc) is 2.78. The number of benzene rings is 1. The van der Waals surface area contributed by atoms with Crippen molar-refractivity contribution in [3.8, 4) is 0 Å². The number of hydrogen-bond acceptors (Lipinski definition) is 2. The van der Waals surface area contributed by atoms with Gasteiger partial charge in [-0.15, -0.1) is 0 Å². The third kappa shape index (κ3) is 2.87.